The minimum atomic E-state index is -6.91. The molecule has 0 aliphatic carbocycles. The molecular weight excluding hydrogens is 400 g/mol. The van der Waals surface area contributed by atoms with Crippen molar-refractivity contribution in [3.05, 3.63) is 0 Å². The van der Waals surface area contributed by atoms with E-state index in [1.54, 1.807) is 0 Å². The quantitative estimate of drug-likeness (QED) is 0.333. The summed E-state index contributed by atoms with van der Waals surface area (Å²) in [5.74, 6) is -26.1. The Bertz CT molecular complexity index is 590. The van der Waals surface area contributed by atoms with Gasteiger partial charge in [-0.25, -0.2) is 12.6 Å². The maximum absolute atomic E-state index is 13.0. The van der Waals surface area contributed by atoms with Gasteiger partial charge in [-0.2, -0.15) is 43.5 Å². The lowest BCUT2D eigenvalue weighted by Crippen LogP contribution is -2.64. The van der Waals surface area contributed by atoms with Gasteiger partial charge >= 0.3 is 34.1 Å². The number of hydrogen-bond acceptors (Lipinski definition) is 6. The van der Waals surface area contributed by atoms with Crippen LogP contribution in [0.25, 0.3) is 0 Å². The molecule has 140 valence electrons. The van der Waals surface area contributed by atoms with Crippen LogP contribution in [0.3, 0.4) is 0 Å². The standard InChI is InChI=1S/C6H6F8O7S2/c7-3(8,1-20-22(15)16)5(11,12)6(13,14)4(9,10)2-21-23(17,18)19/h22H,1-2H2,(H,17,18,19). The lowest BCUT2D eigenvalue weighted by molar-refractivity contribution is -0.371. The molecule has 0 unspecified atom stereocenters. The summed E-state index contributed by atoms with van der Waals surface area (Å²) in [5.41, 5.74) is 0. The average molecular weight is 406 g/mol. The topological polar surface area (TPSA) is 107 Å². The number of halogens is 8. The van der Waals surface area contributed by atoms with Crippen molar-refractivity contribution in [2.24, 2.45) is 0 Å². The van der Waals surface area contributed by atoms with Gasteiger partial charge in [-0.15, -0.1) is 0 Å². The van der Waals surface area contributed by atoms with Crippen LogP contribution >= 0.6 is 0 Å². The smallest absolute Gasteiger partial charge is 0.266 e. The lowest BCUT2D eigenvalue weighted by atomic mass is 9.99. The minimum Gasteiger partial charge on any atom is -0.266 e. The van der Waals surface area contributed by atoms with Crippen molar-refractivity contribution in [3.8, 4) is 0 Å². The molecule has 1 N–H and O–H groups in total. The maximum atomic E-state index is 13.0. The summed E-state index contributed by atoms with van der Waals surface area (Å²) in [5, 5.41) is 0. The Kier molecular flexibility index (Phi) is 6.39. The van der Waals surface area contributed by atoms with Gasteiger partial charge in [0.1, 0.15) is 13.2 Å². The highest BCUT2D eigenvalue weighted by Crippen LogP contribution is 2.52. The fourth-order valence-electron chi connectivity index (χ4n) is 0.923. The molecule has 0 saturated carbocycles. The number of alkyl halides is 8. The van der Waals surface area contributed by atoms with Gasteiger partial charge in [-0.3, -0.25) is 8.74 Å². The van der Waals surface area contributed by atoms with Crippen molar-refractivity contribution in [3.63, 3.8) is 0 Å². The molecule has 0 aliphatic rings. The molecule has 0 amide bonds. The molecular formula is C6H6F8O7S2. The first kappa shape index (κ1) is 22.2. The third-order valence-corrected chi connectivity index (χ3v) is 2.81. The van der Waals surface area contributed by atoms with Crippen LogP contribution in [0.15, 0.2) is 0 Å². The highest BCUT2D eigenvalue weighted by Gasteiger charge is 2.80. The van der Waals surface area contributed by atoms with Gasteiger partial charge in [0, 0.05) is 0 Å². The van der Waals surface area contributed by atoms with Gasteiger partial charge in [0.15, 0.2) is 0 Å². The van der Waals surface area contributed by atoms with Crippen LogP contribution < -0.4 is 0 Å². The van der Waals surface area contributed by atoms with Crippen molar-refractivity contribution >= 4 is 21.4 Å². The van der Waals surface area contributed by atoms with Crippen molar-refractivity contribution in [1.82, 2.24) is 0 Å². The van der Waals surface area contributed by atoms with E-state index in [4.69, 9.17) is 4.55 Å². The van der Waals surface area contributed by atoms with Crippen molar-refractivity contribution < 1.29 is 64.9 Å². The second-order valence-corrected chi connectivity index (χ2v) is 5.54. The van der Waals surface area contributed by atoms with Crippen molar-refractivity contribution in [1.29, 1.82) is 0 Å². The van der Waals surface area contributed by atoms with Gasteiger partial charge < -0.3 is 0 Å². The molecule has 0 aromatic heterocycles. The van der Waals surface area contributed by atoms with Gasteiger partial charge in [0.25, 0.3) is 11.0 Å². The van der Waals surface area contributed by atoms with Crippen LogP contribution in [0.2, 0.25) is 0 Å². The molecule has 23 heavy (non-hydrogen) atoms. The molecule has 0 spiro atoms. The fourth-order valence-corrected chi connectivity index (χ4v) is 1.49. The summed E-state index contributed by atoms with van der Waals surface area (Å²) < 4.78 is 157. The summed E-state index contributed by atoms with van der Waals surface area (Å²) in [4.78, 5) is 0. The molecule has 0 rings (SSSR count). The van der Waals surface area contributed by atoms with Crippen LogP contribution in [0.1, 0.15) is 0 Å². The molecule has 0 radical (unpaired) electrons. The summed E-state index contributed by atoms with van der Waals surface area (Å²) >= 11 is 0. The Morgan fingerprint density at radius 2 is 1.17 bits per heavy atom. The van der Waals surface area contributed by atoms with Crippen LogP contribution in [-0.4, -0.2) is 58.3 Å². The molecule has 0 saturated heterocycles. The molecule has 0 fully saturated rings. The first-order valence-electron chi connectivity index (χ1n) is 4.78. The van der Waals surface area contributed by atoms with Crippen LogP contribution in [0, 0.1) is 0 Å². The summed E-state index contributed by atoms with van der Waals surface area (Å²) in [6, 6.07) is 0. The van der Waals surface area contributed by atoms with Gasteiger partial charge in [0.2, 0.25) is 0 Å². The first-order valence-corrected chi connectivity index (χ1v) is 7.24. The van der Waals surface area contributed by atoms with Gasteiger partial charge in [-0.1, -0.05) is 0 Å². The highest BCUT2D eigenvalue weighted by molar-refractivity contribution is 7.80. The van der Waals surface area contributed by atoms with Gasteiger partial charge in [0.05, 0.1) is 0 Å². The van der Waals surface area contributed by atoms with E-state index < -0.39 is 58.3 Å². The number of hydrogen-bond donors (Lipinski definition) is 2. The number of rotatable bonds is 9. The third-order valence-electron chi connectivity index (χ3n) is 2.05. The van der Waals surface area contributed by atoms with E-state index in [0.717, 1.165) is 0 Å². The van der Waals surface area contributed by atoms with Crippen LogP contribution in [0.5, 0.6) is 0 Å². The van der Waals surface area contributed by atoms with E-state index in [-0.39, 0.29) is 0 Å². The normalized spacial score (nSPS) is 15.2. The second-order valence-electron chi connectivity index (χ2n) is 3.74. The zero-order valence-corrected chi connectivity index (χ0v) is 11.9. The maximum Gasteiger partial charge on any atom is 0.397 e. The largest absolute Gasteiger partial charge is 0.397 e. The summed E-state index contributed by atoms with van der Waals surface area (Å²) in [7, 11) is -9.95. The highest BCUT2D eigenvalue weighted by atomic mass is 32.3. The molecule has 7 nitrogen and oxygen atoms in total. The van der Waals surface area contributed by atoms with E-state index in [0.29, 0.717) is 0 Å². The van der Waals surface area contributed by atoms with Crippen LogP contribution in [0.4, 0.5) is 35.1 Å². The molecule has 0 aromatic carbocycles. The average Bonchev–Trinajstić information content (AvgIpc) is 2.32. The SMILES string of the molecule is O=[SH](=O)OCC(F)(F)C(F)(F)C(F)(F)C(F)(F)COS(=O)(=O)O. The van der Waals surface area contributed by atoms with E-state index in [1.165, 1.54) is 0 Å². The zero-order valence-electron chi connectivity index (χ0n) is 10.2. The lowest BCUT2D eigenvalue weighted by Gasteiger charge is -2.35. The first-order chi connectivity index (χ1) is 9.87. The second kappa shape index (κ2) is 6.61. The molecule has 0 aliphatic heterocycles. The number of thiol groups is 1. The minimum absolute atomic E-state index is 2.78. The Balaban J connectivity index is 5.57. The molecule has 0 heterocycles. The van der Waals surface area contributed by atoms with E-state index in [9.17, 15) is 52.0 Å². The molecule has 0 aromatic rings. The summed E-state index contributed by atoms with van der Waals surface area (Å²) in [6.07, 6.45) is 0. The Morgan fingerprint density at radius 1 is 0.826 bits per heavy atom. The predicted molar refractivity (Wildman–Crippen MR) is 53.6 cm³/mol. The predicted octanol–water partition coefficient (Wildman–Crippen LogP) is 0.890. The molecule has 17 heteroatoms. The Hall–Kier alpha value is -0.780. The van der Waals surface area contributed by atoms with Crippen molar-refractivity contribution in [2.75, 3.05) is 13.2 Å². The Morgan fingerprint density at radius 3 is 1.48 bits per heavy atom. The Labute approximate surface area is 124 Å². The molecule has 0 bridgehead atoms. The van der Waals surface area contributed by atoms with Crippen LogP contribution in [-0.2, 0) is 29.8 Å². The van der Waals surface area contributed by atoms with Crippen molar-refractivity contribution in [2.45, 2.75) is 23.7 Å². The van der Waals surface area contributed by atoms with E-state index >= 15 is 0 Å². The van der Waals surface area contributed by atoms with E-state index in [1.807, 2.05) is 0 Å². The fraction of sp³-hybridized carbons (Fsp3) is 1.00. The molecule has 0 atom stereocenters. The van der Waals surface area contributed by atoms with E-state index in [2.05, 4.69) is 8.37 Å². The van der Waals surface area contributed by atoms with Gasteiger partial charge in [-0.05, 0) is 0 Å². The third kappa shape index (κ3) is 5.10. The summed E-state index contributed by atoms with van der Waals surface area (Å²) in [6.45, 7) is -5.98. The monoisotopic (exact) mass is 406 g/mol. The zero-order chi connectivity index (χ0) is 18.9.